The number of hydrogen-bond acceptors (Lipinski definition) is 4. The molecule has 2 aromatic carbocycles. The van der Waals surface area contributed by atoms with E-state index in [2.05, 4.69) is 16.0 Å². The van der Waals surface area contributed by atoms with Gasteiger partial charge in [-0.05, 0) is 36.1 Å². The number of hydrogen-bond donors (Lipinski definition) is 5. The molecule has 0 unspecified atom stereocenters. The summed E-state index contributed by atoms with van der Waals surface area (Å²) < 4.78 is 0. The predicted octanol–water partition coefficient (Wildman–Crippen LogP) is 3.11. The van der Waals surface area contributed by atoms with E-state index in [-0.39, 0.29) is 11.3 Å². The fraction of sp³-hybridized carbons (Fsp3) is 0.273. The first-order chi connectivity index (χ1) is 14.8. The molecule has 0 spiro atoms. The molecule has 3 amide bonds. The van der Waals surface area contributed by atoms with Crippen LogP contribution in [0.3, 0.4) is 0 Å². The molecule has 164 valence electrons. The van der Waals surface area contributed by atoms with Gasteiger partial charge in [-0.15, -0.1) is 0 Å². The number of carboxylic acid groups (broad SMARTS) is 2. The minimum atomic E-state index is -1.60. The molecule has 0 radical (unpaired) electrons. The molecule has 0 saturated heterocycles. The van der Waals surface area contributed by atoms with Crippen molar-refractivity contribution in [3.63, 3.8) is 0 Å². The second kappa shape index (κ2) is 10.8. The summed E-state index contributed by atoms with van der Waals surface area (Å²) in [5.41, 5.74) is 2.81. The first-order valence-corrected chi connectivity index (χ1v) is 9.80. The number of anilines is 2. The van der Waals surface area contributed by atoms with Crippen molar-refractivity contribution in [2.45, 2.75) is 39.2 Å². The van der Waals surface area contributed by atoms with E-state index < -0.39 is 36.3 Å². The number of carbonyl (C=O) groups is 4. The monoisotopic (exact) mass is 427 g/mol. The molecule has 0 aliphatic heterocycles. The Morgan fingerprint density at radius 2 is 1.48 bits per heavy atom. The molecule has 0 heterocycles. The Labute approximate surface area is 179 Å². The Hall–Kier alpha value is -3.88. The highest BCUT2D eigenvalue weighted by Gasteiger charge is 2.25. The lowest BCUT2D eigenvalue weighted by atomic mass is 10.0. The number of rotatable bonds is 9. The molecule has 0 aromatic heterocycles. The first kappa shape index (κ1) is 23.4. The van der Waals surface area contributed by atoms with Crippen molar-refractivity contribution in [3.05, 3.63) is 59.2 Å². The number of aryl methyl sites for hydroxylation is 2. The van der Waals surface area contributed by atoms with Crippen LogP contribution < -0.4 is 16.0 Å². The summed E-state index contributed by atoms with van der Waals surface area (Å²) >= 11 is 0. The molecule has 0 saturated carbocycles. The van der Waals surface area contributed by atoms with E-state index in [0.29, 0.717) is 5.69 Å². The summed E-state index contributed by atoms with van der Waals surface area (Å²) in [4.78, 5) is 47.3. The normalized spacial score (nSPS) is 11.3. The van der Waals surface area contributed by atoms with Crippen molar-refractivity contribution in [1.82, 2.24) is 5.32 Å². The van der Waals surface area contributed by atoms with Gasteiger partial charge in [0.05, 0.1) is 17.7 Å². The van der Waals surface area contributed by atoms with E-state index in [1.165, 1.54) is 12.1 Å². The van der Waals surface area contributed by atoms with Crippen LogP contribution in [0.25, 0.3) is 0 Å². The molecule has 0 aliphatic carbocycles. The molecular formula is C22H25N3O6. The third kappa shape index (κ3) is 6.30. The Bertz CT molecular complexity index is 967. The number of carboxylic acids is 2. The summed E-state index contributed by atoms with van der Waals surface area (Å²) in [6.07, 6.45) is 0.677. The quantitative estimate of drug-likeness (QED) is 0.416. The third-order valence-electron chi connectivity index (χ3n) is 4.64. The molecule has 2 rings (SSSR count). The SMILES string of the molecule is CCc1cccc(CC)c1NC(=O)Nc1ccccc1C(=O)N[C@@H](CC(=O)O)C(=O)O. The minimum Gasteiger partial charge on any atom is -0.481 e. The van der Waals surface area contributed by atoms with E-state index in [1.54, 1.807) is 12.1 Å². The number of para-hydroxylation sites is 2. The third-order valence-corrected chi connectivity index (χ3v) is 4.64. The summed E-state index contributed by atoms with van der Waals surface area (Å²) in [6, 6.07) is 9.66. The van der Waals surface area contributed by atoms with Crippen LogP contribution in [0.4, 0.5) is 16.2 Å². The van der Waals surface area contributed by atoms with Crippen LogP contribution >= 0.6 is 0 Å². The first-order valence-electron chi connectivity index (χ1n) is 9.80. The molecule has 5 N–H and O–H groups in total. The molecular weight excluding hydrogens is 402 g/mol. The van der Waals surface area contributed by atoms with Crippen LogP contribution in [0, 0.1) is 0 Å². The Balaban J connectivity index is 2.21. The maximum absolute atomic E-state index is 12.6. The van der Waals surface area contributed by atoms with Crippen molar-refractivity contribution in [2.24, 2.45) is 0 Å². The predicted molar refractivity (Wildman–Crippen MR) is 115 cm³/mol. The molecule has 0 aliphatic rings. The number of amides is 3. The molecule has 2 aromatic rings. The summed E-state index contributed by atoms with van der Waals surface area (Å²) in [5, 5.41) is 25.6. The molecule has 0 bridgehead atoms. The highest BCUT2D eigenvalue weighted by molar-refractivity contribution is 6.07. The van der Waals surface area contributed by atoms with Crippen LogP contribution in [-0.4, -0.2) is 40.1 Å². The van der Waals surface area contributed by atoms with Gasteiger partial charge in [-0.3, -0.25) is 9.59 Å². The zero-order valence-corrected chi connectivity index (χ0v) is 17.3. The lowest BCUT2D eigenvalue weighted by Crippen LogP contribution is -2.42. The number of aliphatic carboxylic acids is 2. The Kier molecular flexibility index (Phi) is 8.13. The second-order valence-electron chi connectivity index (χ2n) is 6.75. The van der Waals surface area contributed by atoms with Gasteiger partial charge in [-0.2, -0.15) is 0 Å². The van der Waals surface area contributed by atoms with Crippen molar-refractivity contribution in [3.8, 4) is 0 Å². The average molecular weight is 427 g/mol. The Morgan fingerprint density at radius 3 is 2.03 bits per heavy atom. The van der Waals surface area contributed by atoms with Gasteiger partial charge in [0.1, 0.15) is 6.04 Å². The number of carbonyl (C=O) groups excluding carboxylic acids is 2. The van der Waals surface area contributed by atoms with Crippen molar-refractivity contribution in [2.75, 3.05) is 10.6 Å². The summed E-state index contributed by atoms with van der Waals surface area (Å²) in [6.45, 7) is 3.96. The minimum absolute atomic E-state index is 0.00813. The smallest absolute Gasteiger partial charge is 0.326 e. The van der Waals surface area contributed by atoms with Crippen molar-refractivity contribution in [1.29, 1.82) is 0 Å². The molecule has 31 heavy (non-hydrogen) atoms. The van der Waals surface area contributed by atoms with Gasteiger partial charge in [0.15, 0.2) is 0 Å². The van der Waals surface area contributed by atoms with Crippen LogP contribution in [0.2, 0.25) is 0 Å². The van der Waals surface area contributed by atoms with E-state index in [4.69, 9.17) is 10.2 Å². The van der Waals surface area contributed by atoms with Gasteiger partial charge in [0.25, 0.3) is 5.91 Å². The number of urea groups is 1. The molecule has 9 nitrogen and oxygen atoms in total. The molecule has 0 fully saturated rings. The van der Waals surface area contributed by atoms with E-state index in [1.807, 2.05) is 32.0 Å². The number of benzene rings is 2. The van der Waals surface area contributed by atoms with Gasteiger partial charge in [0.2, 0.25) is 0 Å². The van der Waals surface area contributed by atoms with Crippen LogP contribution in [-0.2, 0) is 22.4 Å². The summed E-state index contributed by atoms with van der Waals surface area (Å²) in [7, 11) is 0. The average Bonchev–Trinajstić information content (AvgIpc) is 2.73. The van der Waals surface area contributed by atoms with Gasteiger partial charge >= 0.3 is 18.0 Å². The largest absolute Gasteiger partial charge is 0.481 e. The van der Waals surface area contributed by atoms with Crippen LogP contribution in [0.1, 0.15) is 41.8 Å². The van der Waals surface area contributed by atoms with Gasteiger partial charge in [0, 0.05) is 5.69 Å². The molecule has 1 atom stereocenters. The lowest BCUT2D eigenvalue weighted by molar-refractivity contribution is -0.145. The standard InChI is InChI=1S/C22H25N3O6/c1-3-13-8-7-9-14(4-2)19(13)25-22(31)24-16-11-6-5-10-15(16)20(28)23-17(21(29)30)12-18(26)27/h5-11,17H,3-4,12H2,1-2H3,(H,23,28)(H,26,27)(H,29,30)(H2,24,25,31)/t17-/m0/s1. The molecule has 9 heteroatoms. The van der Waals surface area contributed by atoms with Gasteiger partial charge < -0.3 is 26.2 Å². The fourth-order valence-electron chi connectivity index (χ4n) is 3.07. The second-order valence-corrected chi connectivity index (χ2v) is 6.75. The lowest BCUT2D eigenvalue weighted by Gasteiger charge is -2.17. The van der Waals surface area contributed by atoms with E-state index >= 15 is 0 Å². The zero-order chi connectivity index (χ0) is 23.0. The maximum Gasteiger partial charge on any atom is 0.326 e. The van der Waals surface area contributed by atoms with Crippen molar-refractivity contribution < 1.29 is 29.4 Å². The number of nitrogens with one attached hydrogen (secondary N) is 3. The van der Waals surface area contributed by atoms with Gasteiger partial charge in [-0.1, -0.05) is 44.2 Å². The fourth-order valence-corrected chi connectivity index (χ4v) is 3.07. The van der Waals surface area contributed by atoms with Crippen LogP contribution in [0.15, 0.2) is 42.5 Å². The zero-order valence-electron chi connectivity index (χ0n) is 17.3. The van der Waals surface area contributed by atoms with Crippen LogP contribution in [0.5, 0.6) is 0 Å². The highest BCUT2D eigenvalue weighted by Crippen LogP contribution is 2.23. The maximum atomic E-state index is 12.6. The Morgan fingerprint density at radius 1 is 0.871 bits per heavy atom. The van der Waals surface area contributed by atoms with E-state index in [9.17, 15) is 19.2 Å². The summed E-state index contributed by atoms with van der Waals surface area (Å²) in [5.74, 6) is -3.64. The highest BCUT2D eigenvalue weighted by atomic mass is 16.4. The van der Waals surface area contributed by atoms with Crippen molar-refractivity contribution >= 4 is 35.3 Å². The van der Waals surface area contributed by atoms with E-state index in [0.717, 1.165) is 24.0 Å². The topological polar surface area (TPSA) is 145 Å². The van der Waals surface area contributed by atoms with Gasteiger partial charge in [-0.25, -0.2) is 9.59 Å².